The van der Waals surface area contributed by atoms with Crippen molar-refractivity contribution >= 4 is 11.8 Å². The number of aryl methyl sites for hydroxylation is 1. The summed E-state index contributed by atoms with van der Waals surface area (Å²) in [4.78, 5) is 39.8. The third kappa shape index (κ3) is 4.27. The zero-order valence-corrected chi connectivity index (χ0v) is 15.6. The molecule has 2 N–H and O–H groups in total. The number of nitrogens with one attached hydrogen (secondary N) is 2. The molecule has 1 fully saturated rings. The molecule has 1 unspecified atom stereocenters. The molecule has 1 saturated heterocycles. The van der Waals surface area contributed by atoms with Gasteiger partial charge in [-0.1, -0.05) is 6.07 Å². The van der Waals surface area contributed by atoms with Crippen molar-refractivity contribution in [2.75, 3.05) is 13.1 Å². The smallest absolute Gasteiger partial charge is 0.268 e. The summed E-state index contributed by atoms with van der Waals surface area (Å²) in [5.41, 5.74) is 0.0388. The van der Waals surface area contributed by atoms with Crippen LogP contribution in [0, 0.1) is 24.5 Å². The number of halogens is 2. The van der Waals surface area contributed by atoms with Gasteiger partial charge in [0.15, 0.2) is 0 Å². The molecule has 6 nitrogen and oxygen atoms in total. The van der Waals surface area contributed by atoms with Crippen LogP contribution in [0.2, 0.25) is 0 Å². The molecule has 28 heavy (non-hydrogen) atoms. The van der Waals surface area contributed by atoms with Crippen LogP contribution in [0.4, 0.5) is 8.78 Å². The third-order valence-electron chi connectivity index (χ3n) is 5.01. The van der Waals surface area contributed by atoms with Gasteiger partial charge in [-0.3, -0.25) is 14.4 Å². The van der Waals surface area contributed by atoms with E-state index in [0.29, 0.717) is 13.1 Å². The fourth-order valence-corrected chi connectivity index (χ4v) is 3.11. The standard InChI is InChI=1S/C20H21F2N3O3/c1-11-6-16(22)13(7-15(11)21)8-19(27)25-9-14(10-25)12(2)23-20(28)17-4-3-5-18(26)24-17/h3-7,12,14H,8-10H2,1-2H3,(H,23,28)(H,24,26). The number of carbonyl (C=O) groups excluding carboxylic acids is 2. The number of rotatable bonds is 5. The summed E-state index contributed by atoms with van der Waals surface area (Å²) in [5, 5.41) is 2.80. The molecule has 2 heterocycles. The summed E-state index contributed by atoms with van der Waals surface area (Å²) in [6.45, 7) is 4.12. The highest BCUT2D eigenvalue weighted by Crippen LogP contribution is 2.22. The molecule has 0 bridgehead atoms. The number of amides is 2. The number of carbonyl (C=O) groups is 2. The van der Waals surface area contributed by atoms with E-state index in [4.69, 9.17) is 0 Å². The van der Waals surface area contributed by atoms with Gasteiger partial charge in [0.2, 0.25) is 11.5 Å². The van der Waals surface area contributed by atoms with Crippen molar-refractivity contribution in [3.8, 4) is 0 Å². The second-order valence-corrected chi connectivity index (χ2v) is 7.12. The second-order valence-electron chi connectivity index (χ2n) is 7.12. The summed E-state index contributed by atoms with van der Waals surface area (Å²) in [6, 6.07) is 6.25. The lowest BCUT2D eigenvalue weighted by molar-refractivity contribution is -0.137. The van der Waals surface area contributed by atoms with Crippen LogP contribution in [-0.2, 0) is 11.2 Å². The van der Waals surface area contributed by atoms with E-state index >= 15 is 0 Å². The normalized spacial score (nSPS) is 15.1. The first-order valence-corrected chi connectivity index (χ1v) is 8.97. The minimum Gasteiger partial charge on any atom is -0.348 e. The van der Waals surface area contributed by atoms with E-state index in [1.165, 1.54) is 25.1 Å². The summed E-state index contributed by atoms with van der Waals surface area (Å²) < 4.78 is 27.5. The molecular weight excluding hydrogens is 368 g/mol. The van der Waals surface area contributed by atoms with Crippen molar-refractivity contribution in [1.82, 2.24) is 15.2 Å². The number of pyridine rings is 1. The molecule has 2 amide bonds. The highest BCUT2D eigenvalue weighted by Gasteiger charge is 2.35. The number of H-pyrrole nitrogens is 1. The molecule has 0 aliphatic carbocycles. The number of aromatic nitrogens is 1. The van der Waals surface area contributed by atoms with E-state index in [9.17, 15) is 23.2 Å². The zero-order valence-electron chi connectivity index (χ0n) is 15.6. The lowest BCUT2D eigenvalue weighted by Crippen LogP contribution is -2.57. The van der Waals surface area contributed by atoms with Gasteiger partial charge >= 0.3 is 0 Å². The molecule has 1 aliphatic heterocycles. The van der Waals surface area contributed by atoms with E-state index in [1.54, 1.807) is 4.90 Å². The molecule has 148 valence electrons. The average molecular weight is 389 g/mol. The SMILES string of the molecule is Cc1cc(F)c(CC(=O)N2CC(C(C)NC(=O)c3cccc(=O)[nH]3)C2)cc1F. The molecule has 2 aromatic rings. The molecule has 3 rings (SSSR count). The molecular formula is C20H21F2N3O3. The van der Waals surface area contributed by atoms with E-state index in [1.807, 2.05) is 6.92 Å². The van der Waals surface area contributed by atoms with Crippen molar-refractivity contribution in [3.05, 3.63) is 69.1 Å². The van der Waals surface area contributed by atoms with Crippen molar-refractivity contribution in [3.63, 3.8) is 0 Å². The van der Waals surface area contributed by atoms with E-state index in [0.717, 1.165) is 12.1 Å². The van der Waals surface area contributed by atoms with Gasteiger partial charge in [0.05, 0.1) is 6.42 Å². The van der Waals surface area contributed by atoms with Crippen LogP contribution in [0.1, 0.15) is 28.5 Å². The van der Waals surface area contributed by atoms with Gasteiger partial charge in [-0.05, 0) is 37.6 Å². The molecule has 1 aromatic carbocycles. The van der Waals surface area contributed by atoms with Crippen molar-refractivity contribution in [2.45, 2.75) is 26.3 Å². The van der Waals surface area contributed by atoms with Crippen molar-refractivity contribution in [2.24, 2.45) is 5.92 Å². The molecule has 1 aromatic heterocycles. The predicted molar refractivity (Wildman–Crippen MR) is 98.9 cm³/mol. The van der Waals surface area contributed by atoms with Gasteiger partial charge in [0, 0.05) is 36.7 Å². The predicted octanol–water partition coefficient (Wildman–Crippen LogP) is 1.78. The first kappa shape index (κ1) is 19.7. The summed E-state index contributed by atoms with van der Waals surface area (Å²) in [7, 11) is 0. The highest BCUT2D eigenvalue weighted by molar-refractivity contribution is 5.92. The van der Waals surface area contributed by atoms with Crippen molar-refractivity contribution in [1.29, 1.82) is 0 Å². The quantitative estimate of drug-likeness (QED) is 0.818. The van der Waals surface area contributed by atoms with Crippen LogP contribution >= 0.6 is 0 Å². The minimum absolute atomic E-state index is 0.0333. The first-order valence-electron chi connectivity index (χ1n) is 8.97. The largest absolute Gasteiger partial charge is 0.348 e. The Balaban J connectivity index is 1.52. The number of aromatic amines is 1. The van der Waals surface area contributed by atoms with Gasteiger partial charge in [0.25, 0.3) is 5.91 Å². The van der Waals surface area contributed by atoms with E-state index in [-0.39, 0.29) is 46.7 Å². The highest BCUT2D eigenvalue weighted by atomic mass is 19.1. The monoisotopic (exact) mass is 389 g/mol. The van der Waals surface area contributed by atoms with Crippen LogP contribution in [0.25, 0.3) is 0 Å². The number of likely N-dealkylation sites (tertiary alicyclic amines) is 1. The summed E-state index contributed by atoms with van der Waals surface area (Å²) in [6.07, 6.45) is -0.207. The number of hydrogen-bond donors (Lipinski definition) is 2. The van der Waals surface area contributed by atoms with Gasteiger partial charge in [-0.2, -0.15) is 0 Å². The Kier molecular flexibility index (Phi) is 5.58. The topological polar surface area (TPSA) is 82.3 Å². The fourth-order valence-electron chi connectivity index (χ4n) is 3.11. The summed E-state index contributed by atoms with van der Waals surface area (Å²) in [5.74, 6) is -1.78. The molecule has 0 radical (unpaired) electrons. The Labute approximate surface area is 160 Å². The maximum Gasteiger partial charge on any atom is 0.268 e. The lowest BCUT2D eigenvalue weighted by Gasteiger charge is -2.42. The van der Waals surface area contributed by atoms with Crippen molar-refractivity contribution < 1.29 is 18.4 Å². The van der Waals surface area contributed by atoms with Gasteiger partial charge in [0.1, 0.15) is 17.3 Å². The molecule has 8 heteroatoms. The Morgan fingerprint density at radius 1 is 1.25 bits per heavy atom. The lowest BCUT2D eigenvalue weighted by atomic mass is 9.91. The second kappa shape index (κ2) is 7.92. The van der Waals surface area contributed by atoms with Gasteiger partial charge in [-0.15, -0.1) is 0 Å². The molecule has 0 saturated carbocycles. The van der Waals surface area contributed by atoms with E-state index < -0.39 is 17.5 Å². The maximum absolute atomic E-state index is 13.9. The van der Waals surface area contributed by atoms with E-state index in [2.05, 4.69) is 10.3 Å². The van der Waals surface area contributed by atoms with Crippen LogP contribution in [0.5, 0.6) is 0 Å². The van der Waals surface area contributed by atoms with Gasteiger partial charge < -0.3 is 15.2 Å². The Bertz CT molecular complexity index is 967. The van der Waals surface area contributed by atoms with Gasteiger partial charge in [-0.25, -0.2) is 8.78 Å². The molecule has 0 spiro atoms. The summed E-state index contributed by atoms with van der Waals surface area (Å²) >= 11 is 0. The maximum atomic E-state index is 13.9. The molecule has 1 atom stereocenters. The molecule has 1 aliphatic rings. The number of benzene rings is 1. The van der Waals surface area contributed by atoms with Crippen LogP contribution < -0.4 is 10.9 Å². The number of nitrogens with zero attached hydrogens (tertiary/aromatic N) is 1. The Hall–Kier alpha value is -3.03. The average Bonchev–Trinajstić information content (AvgIpc) is 2.58. The van der Waals surface area contributed by atoms with Crippen LogP contribution in [0.15, 0.2) is 35.1 Å². The van der Waals surface area contributed by atoms with Crippen LogP contribution in [-0.4, -0.2) is 40.8 Å². The Morgan fingerprint density at radius 2 is 1.96 bits per heavy atom. The third-order valence-corrected chi connectivity index (χ3v) is 5.01. The number of hydrogen-bond acceptors (Lipinski definition) is 3. The Morgan fingerprint density at radius 3 is 2.64 bits per heavy atom. The minimum atomic E-state index is -0.596. The van der Waals surface area contributed by atoms with Crippen LogP contribution in [0.3, 0.4) is 0 Å². The zero-order chi connectivity index (χ0) is 20.4. The first-order chi connectivity index (χ1) is 13.2. The fraction of sp³-hybridized carbons (Fsp3) is 0.350.